The summed E-state index contributed by atoms with van der Waals surface area (Å²) in [6.07, 6.45) is 1.69. The van der Waals surface area contributed by atoms with Gasteiger partial charge < -0.3 is 4.90 Å². The maximum Gasteiger partial charge on any atom is 0.138 e. The van der Waals surface area contributed by atoms with Gasteiger partial charge in [-0.2, -0.15) is 0 Å². The van der Waals surface area contributed by atoms with Gasteiger partial charge in [0.05, 0.1) is 0 Å². The Morgan fingerprint density at radius 3 is 2.14 bits per heavy atom. The monoisotopic (exact) mass is 199 g/mol. The standard InChI is InChI=1S/C12H25NO/c1-10(2)12(3,4)11(14)8-7-9-13(5)6/h10H,7-9H2,1-6H3. The first kappa shape index (κ1) is 13.6. The Hall–Kier alpha value is -0.370. The molecule has 0 aliphatic carbocycles. The number of carbonyl (C=O) groups is 1. The van der Waals surface area contributed by atoms with E-state index >= 15 is 0 Å². The number of hydrogen-bond acceptors (Lipinski definition) is 2. The maximum absolute atomic E-state index is 11.9. The van der Waals surface area contributed by atoms with E-state index in [1.54, 1.807) is 0 Å². The van der Waals surface area contributed by atoms with Crippen LogP contribution in [0, 0.1) is 11.3 Å². The highest BCUT2D eigenvalue weighted by molar-refractivity contribution is 5.84. The molecule has 0 saturated heterocycles. The molecular weight excluding hydrogens is 174 g/mol. The van der Waals surface area contributed by atoms with E-state index < -0.39 is 0 Å². The molecule has 84 valence electrons. The van der Waals surface area contributed by atoms with Crippen LogP contribution >= 0.6 is 0 Å². The average Bonchev–Trinajstić information content (AvgIpc) is 2.02. The third-order valence-corrected chi connectivity index (χ3v) is 3.17. The quantitative estimate of drug-likeness (QED) is 0.655. The summed E-state index contributed by atoms with van der Waals surface area (Å²) < 4.78 is 0. The molecule has 0 aromatic carbocycles. The summed E-state index contributed by atoms with van der Waals surface area (Å²) in [5.41, 5.74) is -0.160. The lowest BCUT2D eigenvalue weighted by Gasteiger charge is -2.27. The topological polar surface area (TPSA) is 20.3 Å². The summed E-state index contributed by atoms with van der Waals surface area (Å²) in [7, 11) is 4.08. The normalized spacial score (nSPS) is 12.6. The molecule has 0 aromatic rings. The van der Waals surface area contributed by atoms with Gasteiger partial charge in [0.15, 0.2) is 0 Å². The third kappa shape index (κ3) is 4.23. The van der Waals surface area contributed by atoms with Gasteiger partial charge in [-0.3, -0.25) is 4.79 Å². The van der Waals surface area contributed by atoms with Gasteiger partial charge in [0.1, 0.15) is 5.78 Å². The minimum absolute atomic E-state index is 0.160. The van der Waals surface area contributed by atoms with Gasteiger partial charge in [0.25, 0.3) is 0 Å². The highest BCUT2D eigenvalue weighted by Gasteiger charge is 2.29. The van der Waals surface area contributed by atoms with Crippen molar-refractivity contribution in [2.45, 2.75) is 40.5 Å². The highest BCUT2D eigenvalue weighted by atomic mass is 16.1. The van der Waals surface area contributed by atoms with Crippen LogP contribution in [0.25, 0.3) is 0 Å². The van der Waals surface area contributed by atoms with Crippen molar-refractivity contribution >= 4 is 5.78 Å². The fourth-order valence-corrected chi connectivity index (χ4v) is 1.20. The summed E-state index contributed by atoms with van der Waals surface area (Å²) in [6, 6.07) is 0. The van der Waals surface area contributed by atoms with Gasteiger partial charge in [-0.1, -0.05) is 27.7 Å². The molecule has 0 saturated carbocycles. The average molecular weight is 199 g/mol. The first-order valence-electron chi connectivity index (χ1n) is 5.46. The molecule has 0 aromatic heterocycles. The molecule has 0 fully saturated rings. The Bertz CT molecular complexity index is 183. The maximum atomic E-state index is 11.9. The summed E-state index contributed by atoms with van der Waals surface area (Å²) in [5.74, 6) is 0.823. The van der Waals surface area contributed by atoms with E-state index in [-0.39, 0.29) is 5.41 Å². The van der Waals surface area contributed by atoms with Crippen LogP contribution in [0.15, 0.2) is 0 Å². The fraction of sp³-hybridized carbons (Fsp3) is 0.917. The van der Waals surface area contributed by atoms with Crippen LogP contribution in [-0.2, 0) is 4.79 Å². The zero-order chi connectivity index (χ0) is 11.4. The molecule has 0 unspecified atom stereocenters. The highest BCUT2D eigenvalue weighted by Crippen LogP contribution is 2.28. The Morgan fingerprint density at radius 1 is 1.29 bits per heavy atom. The van der Waals surface area contributed by atoms with Gasteiger partial charge in [0.2, 0.25) is 0 Å². The van der Waals surface area contributed by atoms with Crippen molar-refractivity contribution in [1.82, 2.24) is 4.90 Å². The van der Waals surface area contributed by atoms with Crippen LogP contribution < -0.4 is 0 Å². The molecule has 0 heterocycles. The van der Waals surface area contributed by atoms with Crippen molar-refractivity contribution < 1.29 is 4.79 Å². The molecule has 0 bridgehead atoms. The summed E-state index contributed by atoms with van der Waals surface area (Å²) >= 11 is 0. The summed E-state index contributed by atoms with van der Waals surface area (Å²) in [4.78, 5) is 14.0. The molecule has 14 heavy (non-hydrogen) atoms. The van der Waals surface area contributed by atoms with Gasteiger partial charge >= 0.3 is 0 Å². The lowest BCUT2D eigenvalue weighted by molar-refractivity contribution is -0.129. The van der Waals surface area contributed by atoms with Gasteiger partial charge in [0, 0.05) is 11.8 Å². The predicted octanol–water partition coefficient (Wildman–Crippen LogP) is 2.58. The molecule has 0 rings (SSSR count). The summed E-state index contributed by atoms with van der Waals surface area (Å²) in [5, 5.41) is 0. The third-order valence-electron chi connectivity index (χ3n) is 3.17. The molecule has 0 amide bonds. The lowest BCUT2D eigenvalue weighted by atomic mass is 9.76. The van der Waals surface area contributed by atoms with Crippen LogP contribution in [-0.4, -0.2) is 31.3 Å². The Balaban J connectivity index is 3.96. The number of carbonyl (C=O) groups excluding carboxylic acids is 1. The van der Waals surface area contributed by atoms with Crippen LogP contribution in [0.5, 0.6) is 0 Å². The minimum atomic E-state index is -0.160. The van der Waals surface area contributed by atoms with Gasteiger partial charge in [-0.25, -0.2) is 0 Å². The second kappa shape index (κ2) is 5.50. The molecule has 2 nitrogen and oxygen atoms in total. The smallest absolute Gasteiger partial charge is 0.138 e. The van der Waals surface area contributed by atoms with Crippen LogP contribution in [0.1, 0.15) is 40.5 Å². The van der Waals surface area contributed by atoms with E-state index in [1.807, 2.05) is 14.1 Å². The van der Waals surface area contributed by atoms with E-state index in [2.05, 4.69) is 32.6 Å². The van der Waals surface area contributed by atoms with Crippen molar-refractivity contribution in [3.05, 3.63) is 0 Å². The van der Waals surface area contributed by atoms with Crippen LogP contribution in [0.3, 0.4) is 0 Å². The van der Waals surface area contributed by atoms with Crippen LogP contribution in [0.4, 0.5) is 0 Å². The predicted molar refractivity (Wildman–Crippen MR) is 61.4 cm³/mol. The first-order chi connectivity index (χ1) is 6.28. The largest absolute Gasteiger partial charge is 0.309 e. The zero-order valence-corrected chi connectivity index (χ0v) is 10.6. The van der Waals surface area contributed by atoms with Crippen molar-refractivity contribution in [3.63, 3.8) is 0 Å². The second-order valence-electron chi connectivity index (χ2n) is 5.21. The second-order valence-corrected chi connectivity index (χ2v) is 5.21. The molecule has 0 atom stereocenters. The molecule has 0 N–H and O–H groups in total. The van der Waals surface area contributed by atoms with Crippen molar-refractivity contribution in [2.24, 2.45) is 11.3 Å². The lowest BCUT2D eigenvalue weighted by Crippen LogP contribution is -2.30. The number of hydrogen-bond donors (Lipinski definition) is 0. The van der Waals surface area contributed by atoms with E-state index in [4.69, 9.17) is 0 Å². The zero-order valence-electron chi connectivity index (χ0n) is 10.6. The number of Topliss-reactive ketones (excluding diaryl/α,β-unsaturated/α-hetero) is 1. The number of ketones is 1. The van der Waals surface area contributed by atoms with E-state index in [9.17, 15) is 4.79 Å². The van der Waals surface area contributed by atoms with E-state index in [0.29, 0.717) is 18.1 Å². The minimum Gasteiger partial charge on any atom is -0.309 e. The molecule has 0 spiro atoms. The molecule has 0 radical (unpaired) electrons. The Kier molecular flexibility index (Phi) is 5.35. The fourth-order valence-electron chi connectivity index (χ4n) is 1.20. The molecule has 0 aliphatic heterocycles. The van der Waals surface area contributed by atoms with Crippen molar-refractivity contribution in [3.8, 4) is 0 Å². The van der Waals surface area contributed by atoms with Gasteiger partial charge in [-0.15, -0.1) is 0 Å². The number of rotatable bonds is 6. The first-order valence-corrected chi connectivity index (χ1v) is 5.46. The molecule has 2 heteroatoms. The SMILES string of the molecule is CC(C)C(C)(C)C(=O)CCCN(C)C. The Labute approximate surface area is 88.7 Å². The van der Waals surface area contributed by atoms with E-state index in [0.717, 1.165) is 13.0 Å². The molecular formula is C12H25NO. The van der Waals surface area contributed by atoms with E-state index in [1.165, 1.54) is 0 Å². The van der Waals surface area contributed by atoms with Gasteiger partial charge in [-0.05, 0) is 33.0 Å². The van der Waals surface area contributed by atoms with Crippen molar-refractivity contribution in [1.29, 1.82) is 0 Å². The van der Waals surface area contributed by atoms with Crippen LogP contribution in [0.2, 0.25) is 0 Å². The number of nitrogens with zero attached hydrogens (tertiary/aromatic N) is 1. The molecule has 0 aliphatic rings. The van der Waals surface area contributed by atoms with Crippen molar-refractivity contribution in [2.75, 3.05) is 20.6 Å². The summed E-state index contributed by atoms with van der Waals surface area (Å²) in [6.45, 7) is 9.33. The Morgan fingerprint density at radius 2 is 1.79 bits per heavy atom.